The van der Waals surface area contributed by atoms with Crippen molar-refractivity contribution in [2.24, 2.45) is 11.5 Å². The minimum absolute atomic E-state index is 0.0200. The number of hydrogen-bond acceptors (Lipinski definition) is 20. The van der Waals surface area contributed by atoms with Gasteiger partial charge in [-0.05, 0) is 45.6 Å². The Balaban J connectivity index is 2.08. The van der Waals surface area contributed by atoms with E-state index in [0.29, 0.717) is 12.1 Å². The van der Waals surface area contributed by atoms with Gasteiger partial charge in [0.25, 0.3) is 0 Å². The Morgan fingerprint density at radius 2 is 1.26 bits per heavy atom. The summed E-state index contributed by atoms with van der Waals surface area (Å²) < 4.78 is 0. The van der Waals surface area contributed by atoms with Crippen LogP contribution in [0.15, 0.2) is 12.5 Å². The minimum atomic E-state index is -1.86. The van der Waals surface area contributed by atoms with Crippen LogP contribution in [0.3, 0.4) is 0 Å². The molecule has 3 heterocycles. The summed E-state index contributed by atoms with van der Waals surface area (Å²) in [7, 11) is 1.70. The number of aromatic amines is 1. The highest BCUT2D eigenvalue weighted by Crippen LogP contribution is 2.24. The Kier molecular flexibility index (Phi) is 25.6. The summed E-state index contributed by atoms with van der Waals surface area (Å²) >= 11 is 0. The van der Waals surface area contributed by atoms with E-state index in [1.165, 1.54) is 19.4 Å². The van der Waals surface area contributed by atoms with E-state index in [9.17, 15) is 78.3 Å². The number of aromatic nitrogens is 2. The van der Waals surface area contributed by atoms with Crippen LogP contribution in [0.2, 0.25) is 0 Å². The van der Waals surface area contributed by atoms with Crippen molar-refractivity contribution in [2.45, 2.75) is 106 Å². The second-order valence-corrected chi connectivity index (χ2v) is 19.0. The number of rotatable bonds is 15. The third-order valence-electron chi connectivity index (χ3n) is 10.9. The van der Waals surface area contributed by atoms with Crippen molar-refractivity contribution in [3.8, 4) is 0 Å². The fraction of sp³-hybridized carbons (Fsp3) is 0.650. The molecule has 2 aliphatic rings. The number of nitrogens with zero attached hydrogens (tertiary/aromatic N) is 2. The number of aliphatic hydroxyl groups excluding tert-OH is 4. The van der Waals surface area contributed by atoms with E-state index in [2.05, 4.69) is 57.8 Å². The molecule has 2 fully saturated rings. The van der Waals surface area contributed by atoms with Crippen LogP contribution in [-0.4, -0.2) is 223 Å². The quantitative estimate of drug-likeness (QED) is 0.0573. The smallest absolute Gasteiger partial charge is 0.322 e. The summed E-state index contributed by atoms with van der Waals surface area (Å²) in [6.07, 6.45) is 3.17. The van der Waals surface area contributed by atoms with Crippen molar-refractivity contribution in [1.82, 2.24) is 62.7 Å². The second-order valence-electron chi connectivity index (χ2n) is 16.4. The lowest BCUT2D eigenvalue weighted by Gasteiger charge is -2.30. The van der Waals surface area contributed by atoms with E-state index in [0.717, 1.165) is 26.5 Å². The summed E-state index contributed by atoms with van der Waals surface area (Å²) in [5.41, 5.74) is 11.7. The fourth-order valence-electron chi connectivity index (χ4n) is 6.95. The Hall–Kier alpha value is -6.16. The molecular formula is C40H64N14O16S2. The summed E-state index contributed by atoms with van der Waals surface area (Å²) in [6.45, 7) is -3.69. The second kappa shape index (κ2) is 30.7. The number of aliphatic carboxylic acids is 1. The number of nitrogens with two attached hydrogens (primary N) is 2. The number of unbranched alkanes of at least 4 members (excludes halogenated alkanes) is 1. The van der Waals surface area contributed by atoms with Gasteiger partial charge in [0.2, 0.25) is 59.1 Å². The van der Waals surface area contributed by atoms with Gasteiger partial charge in [-0.1, -0.05) is 21.6 Å². The van der Waals surface area contributed by atoms with Gasteiger partial charge in [-0.25, -0.2) is 4.98 Å². The number of H-pyrrole nitrogens is 1. The molecule has 0 saturated carbocycles. The first-order valence-corrected chi connectivity index (χ1v) is 25.1. The highest BCUT2D eigenvalue weighted by molar-refractivity contribution is 8.76. The topological polar surface area (TPSA) is 481 Å². The number of fused-ring (bicyclic) bond motifs is 1. The summed E-state index contributed by atoms with van der Waals surface area (Å²) in [4.78, 5) is 155. The fourth-order valence-corrected chi connectivity index (χ4v) is 9.28. The lowest BCUT2D eigenvalue weighted by Crippen LogP contribution is -2.62. The monoisotopic (exact) mass is 1060 g/mol. The molecule has 4 unspecified atom stereocenters. The number of aliphatic hydroxyl groups is 4. The van der Waals surface area contributed by atoms with Crippen LogP contribution in [0, 0.1) is 0 Å². The Morgan fingerprint density at radius 1 is 0.736 bits per heavy atom. The van der Waals surface area contributed by atoms with Crippen molar-refractivity contribution in [2.75, 3.05) is 57.6 Å². The standard InChI is InChI=1S/C40H64N14O16S2/c1-19(42)31(61)52-28-17-72-71-16-27(32(62)44-11-30(59)60)53-34(64)22(9-20-10-43-18-45-20)47-33(63)21(5-2-3-7-41)46-35(65)25(14-57)50-39(69)29-6-4-8-54(29)40(70)26(15-58)51-37(67)24(13-56)48-36(66)23(12-55)49-38(28)68/h10,18-19,21-29,55-58H,2-9,11-17,41-42H2,1H3,(H,43,45)(H,44,62)(H,46,65)(H,47,63)(H,48,66)(H,49,68)(H,50,69)(H,51,67)(H,52,61)(H,53,64)(H,59,60)/t19-,21-,22?,23?,24-,25?,26-,27?,28-,29-/m0/s1. The molecule has 30 nitrogen and oxygen atoms in total. The molecule has 2 saturated heterocycles. The number of carboxylic acids is 1. The van der Waals surface area contributed by atoms with Crippen LogP contribution in [-0.2, 0) is 59.2 Å². The molecule has 19 N–H and O–H groups in total. The molecule has 0 aromatic carbocycles. The third-order valence-corrected chi connectivity index (χ3v) is 13.3. The number of imidazole rings is 1. The van der Waals surface area contributed by atoms with Gasteiger partial charge in [0.1, 0.15) is 60.9 Å². The van der Waals surface area contributed by atoms with Crippen LogP contribution in [0.5, 0.6) is 0 Å². The van der Waals surface area contributed by atoms with Gasteiger partial charge in [-0.3, -0.25) is 52.7 Å². The predicted octanol–water partition coefficient (Wildman–Crippen LogP) is -9.14. The van der Waals surface area contributed by atoms with E-state index in [1.54, 1.807) is 0 Å². The summed E-state index contributed by atoms with van der Waals surface area (Å²) in [6, 6.07) is -15.6. The molecule has 0 spiro atoms. The van der Waals surface area contributed by atoms with Gasteiger partial charge in [-0.2, -0.15) is 0 Å². The van der Waals surface area contributed by atoms with Crippen LogP contribution < -0.4 is 59.3 Å². The summed E-state index contributed by atoms with van der Waals surface area (Å²) in [5, 5.41) is 70.8. The first-order chi connectivity index (χ1) is 34.3. The molecule has 0 bridgehead atoms. The maximum atomic E-state index is 14.1. The van der Waals surface area contributed by atoms with Crippen LogP contribution in [0.4, 0.5) is 0 Å². The van der Waals surface area contributed by atoms with Crippen molar-refractivity contribution >= 4 is 86.6 Å². The first kappa shape index (κ1) is 60.1. The van der Waals surface area contributed by atoms with E-state index in [-0.39, 0.29) is 56.7 Å². The summed E-state index contributed by atoms with van der Waals surface area (Å²) in [5.74, 6) is -12.4. The van der Waals surface area contributed by atoms with Gasteiger partial charge in [0.05, 0.1) is 38.8 Å². The number of amides is 10. The molecule has 72 heavy (non-hydrogen) atoms. The van der Waals surface area contributed by atoms with Gasteiger partial charge in [-0.15, -0.1) is 0 Å². The largest absolute Gasteiger partial charge is 0.480 e. The first-order valence-electron chi connectivity index (χ1n) is 22.6. The Labute approximate surface area is 419 Å². The number of hydrogen-bond donors (Lipinski definition) is 17. The molecular weight excluding hydrogens is 997 g/mol. The molecule has 2 aliphatic heterocycles. The molecule has 3 rings (SSSR count). The average molecular weight is 1060 g/mol. The highest BCUT2D eigenvalue weighted by Gasteiger charge is 2.40. The lowest BCUT2D eigenvalue weighted by molar-refractivity contribution is -0.143. The van der Waals surface area contributed by atoms with Crippen molar-refractivity contribution in [1.29, 1.82) is 0 Å². The molecule has 10 amide bonds. The van der Waals surface area contributed by atoms with Gasteiger partial charge in [0, 0.05) is 36.4 Å². The number of carbonyl (C=O) groups excluding carboxylic acids is 10. The Morgan fingerprint density at radius 3 is 1.82 bits per heavy atom. The zero-order valence-corrected chi connectivity index (χ0v) is 40.8. The van der Waals surface area contributed by atoms with Crippen molar-refractivity contribution < 1.29 is 78.3 Å². The highest BCUT2D eigenvalue weighted by atomic mass is 33.1. The predicted molar refractivity (Wildman–Crippen MR) is 253 cm³/mol. The molecule has 32 heteroatoms. The van der Waals surface area contributed by atoms with Crippen molar-refractivity contribution in [3.63, 3.8) is 0 Å². The van der Waals surface area contributed by atoms with E-state index < -0.39 is 158 Å². The van der Waals surface area contributed by atoms with E-state index in [4.69, 9.17) is 11.5 Å². The molecule has 10 atom stereocenters. The number of carboxylic acid groups (broad SMARTS) is 1. The lowest BCUT2D eigenvalue weighted by atomic mass is 10.1. The Bertz CT molecular complexity index is 2060. The van der Waals surface area contributed by atoms with Crippen LogP contribution in [0.1, 0.15) is 44.7 Å². The molecule has 402 valence electrons. The van der Waals surface area contributed by atoms with E-state index in [1.807, 2.05) is 0 Å². The zero-order valence-electron chi connectivity index (χ0n) is 39.1. The van der Waals surface area contributed by atoms with Gasteiger partial charge < -0.3 is 94.7 Å². The van der Waals surface area contributed by atoms with Crippen LogP contribution in [0.25, 0.3) is 0 Å². The normalized spacial score (nSPS) is 26.6. The molecule has 0 aliphatic carbocycles. The minimum Gasteiger partial charge on any atom is -0.480 e. The third kappa shape index (κ3) is 18.8. The van der Waals surface area contributed by atoms with E-state index >= 15 is 0 Å². The van der Waals surface area contributed by atoms with Crippen molar-refractivity contribution in [3.05, 3.63) is 18.2 Å². The average Bonchev–Trinajstić information content (AvgIpc) is 4.07. The maximum Gasteiger partial charge on any atom is 0.322 e. The molecule has 1 aromatic rings. The van der Waals surface area contributed by atoms with Gasteiger partial charge >= 0.3 is 5.97 Å². The zero-order chi connectivity index (χ0) is 53.5. The SMILES string of the molecule is C[C@H](N)C(=O)N[C@H]1CSSCC(C(=O)NCC(=O)O)NC(=O)C(Cc2cnc[nH]2)NC(=O)[C@H](CCCCN)NC(=O)C(CO)NC(=O)[C@@H]2CCCN2C(=O)[C@H](CO)NC(=O)[C@H](CO)NC(=O)C(CO)NC1=O. The number of nitrogens with one attached hydrogen (secondary N) is 10. The molecule has 1 aromatic heterocycles. The number of carbonyl (C=O) groups is 11. The van der Waals surface area contributed by atoms with Gasteiger partial charge in [0.15, 0.2) is 0 Å². The maximum absolute atomic E-state index is 14.1. The van der Waals surface area contributed by atoms with Crippen LogP contribution >= 0.6 is 21.6 Å². The molecule has 0 radical (unpaired) electrons.